The van der Waals surface area contributed by atoms with Crippen LogP contribution in [0.3, 0.4) is 0 Å². The molecule has 8 nitrogen and oxygen atoms in total. The van der Waals surface area contributed by atoms with Crippen molar-refractivity contribution in [2.75, 3.05) is 17.7 Å². The number of nitrogens with one attached hydrogen (secondary N) is 1. The third-order valence-corrected chi connectivity index (χ3v) is 8.02. The highest BCUT2D eigenvalue weighted by Gasteiger charge is 2.47. The number of rotatable bonds is 8. The van der Waals surface area contributed by atoms with Crippen molar-refractivity contribution in [1.29, 1.82) is 0 Å². The molecule has 3 N–H and O–H groups in total. The number of hydrogen-bond donors (Lipinski definition) is 2. The zero-order chi connectivity index (χ0) is 25.0. The van der Waals surface area contributed by atoms with E-state index in [1.54, 1.807) is 6.07 Å². The minimum atomic E-state index is -2.63. The molecule has 35 heavy (non-hydrogen) atoms. The molecule has 0 saturated heterocycles. The lowest BCUT2D eigenvalue weighted by Gasteiger charge is -2.33. The van der Waals surface area contributed by atoms with Crippen LogP contribution in [0.1, 0.15) is 30.2 Å². The third kappa shape index (κ3) is 5.01. The normalized spacial score (nSPS) is 16.2. The quantitative estimate of drug-likeness (QED) is 0.225. The first-order valence-corrected chi connectivity index (χ1v) is 15.4. The summed E-state index contributed by atoms with van der Waals surface area (Å²) < 4.78 is 40.0. The Balaban J connectivity index is 1.35. The maximum Gasteiger partial charge on any atom is 0.249 e. The molecule has 0 atom stereocenters. The van der Waals surface area contributed by atoms with E-state index in [0.717, 1.165) is 28.3 Å². The number of aryl methyl sites for hydroxylation is 1. The number of fused-ring (bicyclic) bond motifs is 2. The standard InChI is InChI=1S/C24H30F2N6O2Si/c1-14-17-6-5-16(9-19(17)32(31-14)13-33-7-8-35(2,3)4)28-23-29-18-10-20(15-11-24(25,26)12-15)34-21(18)22(27)30-23/h5-6,9-10,15H,7-8,11-13H2,1-4H3,(H3,27,28,29,30). The number of aromatic nitrogens is 4. The molecule has 1 fully saturated rings. The predicted octanol–water partition coefficient (Wildman–Crippen LogP) is 6.03. The Morgan fingerprint density at radius 2 is 2.00 bits per heavy atom. The smallest absolute Gasteiger partial charge is 0.249 e. The first-order chi connectivity index (χ1) is 16.5. The van der Waals surface area contributed by atoms with Crippen LogP contribution in [0.25, 0.3) is 22.0 Å². The second kappa shape index (κ2) is 8.56. The largest absolute Gasteiger partial charge is 0.455 e. The molecular formula is C24H30F2N6O2Si. The van der Waals surface area contributed by atoms with Crippen LogP contribution in [0.4, 0.5) is 26.2 Å². The van der Waals surface area contributed by atoms with Crippen LogP contribution >= 0.6 is 0 Å². The topological polar surface area (TPSA) is 104 Å². The first kappa shape index (κ1) is 23.7. The molecule has 1 aromatic carbocycles. The number of benzene rings is 1. The van der Waals surface area contributed by atoms with Gasteiger partial charge in [0, 0.05) is 50.6 Å². The highest BCUT2D eigenvalue weighted by molar-refractivity contribution is 6.76. The van der Waals surface area contributed by atoms with Crippen LogP contribution in [0.15, 0.2) is 28.7 Å². The zero-order valence-corrected chi connectivity index (χ0v) is 21.4. The summed E-state index contributed by atoms with van der Waals surface area (Å²) in [6.07, 6.45) is -0.444. The van der Waals surface area contributed by atoms with E-state index in [9.17, 15) is 8.78 Å². The number of nitrogen functional groups attached to an aromatic ring is 1. The van der Waals surface area contributed by atoms with E-state index in [1.807, 2.05) is 29.8 Å². The lowest BCUT2D eigenvalue weighted by molar-refractivity contribution is -0.0904. The molecule has 1 aliphatic rings. The lowest BCUT2D eigenvalue weighted by atomic mass is 9.80. The zero-order valence-electron chi connectivity index (χ0n) is 20.4. The molecule has 11 heteroatoms. The van der Waals surface area contributed by atoms with E-state index < -0.39 is 14.0 Å². The fraction of sp³-hybridized carbons (Fsp3) is 0.458. The number of hydrogen-bond acceptors (Lipinski definition) is 7. The lowest BCUT2D eigenvalue weighted by Crippen LogP contribution is -2.33. The fourth-order valence-electron chi connectivity index (χ4n) is 4.26. The minimum absolute atomic E-state index is 0.160. The van der Waals surface area contributed by atoms with Gasteiger partial charge in [-0.1, -0.05) is 19.6 Å². The number of alkyl halides is 2. The Morgan fingerprint density at radius 1 is 1.23 bits per heavy atom. The average Bonchev–Trinajstić information content (AvgIpc) is 3.30. The van der Waals surface area contributed by atoms with Gasteiger partial charge in [0.1, 0.15) is 18.0 Å². The molecule has 3 heterocycles. The molecular weight excluding hydrogens is 470 g/mol. The SMILES string of the molecule is Cc1nn(COCC[Si](C)(C)C)c2cc(Nc3nc(N)c4oc(C5CC(F)(F)C5)cc4n3)ccc12. The Kier molecular flexibility index (Phi) is 5.79. The molecule has 0 bridgehead atoms. The summed E-state index contributed by atoms with van der Waals surface area (Å²) in [6, 6.07) is 8.66. The maximum atomic E-state index is 13.3. The van der Waals surface area contributed by atoms with Gasteiger partial charge in [0.15, 0.2) is 11.4 Å². The summed E-state index contributed by atoms with van der Waals surface area (Å²) in [6.45, 7) is 10.0. The number of furan rings is 1. The van der Waals surface area contributed by atoms with E-state index in [1.165, 1.54) is 0 Å². The van der Waals surface area contributed by atoms with Crippen LogP contribution in [-0.4, -0.2) is 40.4 Å². The summed E-state index contributed by atoms with van der Waals surface area (Å²) >= 11 is 0. The fourth-order valence-corrected chi connectivity index (χ4v) is 5.02. The first-order valence-electron chi connectivity index (χ1n) is 11.7. The maximum absolute atomic E-state index is 13.3. The molecule has 1 aliphatic carbocycles. The van der Waals surface area contributed by atoms with E-state index in [-0.39, 0.29) is 24.6 Å². The van der Waals surface area contributed by atoms with Crippen LogP contribution in [0, 0.1) is 6.92 Å². The molecule has 0 amide bonds. The number of halogens is 2. The number of anilines is 3. The van der Waals surface area contributed by atoms with E-state index in [4.69, 9.17) is 14.9 Å². The Bertz CT molecular complexity index is 1390. The van der Waals surface area contributed by atoms with Crippen LogP contribution in [0.5, 0.6) is 0 Å². The van der Waals surface area contributed by atoms with E-state index >= 15 is 0 Å². The monoisotopic (exact) mass is 500 g/mol. The van der Waals surface area contributed by atoms with Crippen molar-refractivity contribution in [3.8, 4) is 0 Å². The molecule has 0 spiro atoms. The number of ether oxygens (including phenoxy) is 1. The molecule has 1 saturated carbocycles. The Labute approximate surface area is 202 Å². The molecule has 3 aromatic heterocycles. The molecule has 0 aliphatic heterocycles. The predicted molar refractivity (Wildman–Crippen MR) is 135 cm³/mol. The number of nitrogens with zero attached hydrogens (tertiary/aromatic N) is 4. The van der Waals surface area contributed by atoms with Crippen molar-refractivity contribution < 1.29 is 17.9 Å². The molecule has 4 aromatic rings. The van der Waals surface area contributed by atoms with Crippen molar-refractivity contribution in [3.63, 3.8) is 0 Å². The molecule has 0 radical (unpaired) electrons. The summed E-state index contributed by atoms with van der Waals surface area (Å²) in [7, 11) is -1.16. The van der Waals surface area contributed by atoms with Crippen molar-refractivity contribution in [1.82, 2.24) is 19.7 Å². The van der Waals surface area contributed by atoms with Gasteiger partial charge in [0.2, 0.25) is 11.9 Å². The van der Waals surface area contributed by atoms with Gasteiger partial charge in [0.05, 0.1) is 11.2 Å². The van der Waals surface area contributed by atoms with Gasteiger partial charge in [-0.15, -0.1) is 0 Å². The van der Waals surface area contributed by atoms with Gasteiger partial charge in [-0.05, 0) is 31.2 Å². The molecule has 186 valence electrons. The second-order valence-electron chi connectivity index (χ2n) is 10.5. The van der Waals surface area contributed by atoms with Crippen LogP contribution in [0.2, 0.25) is 25.7 Å². The van der Waals surface area contributed by atoms with Crippen molar-refractivity contribution in [2.45, 2.75) is 64.0 Å². The van der Waals surface area contributed by atoms with Gasteiger partial charge >= 0.3 is 0 Å². The van der Waals surface area contributed by atoms with Gasteiger partial charge < -0.3 is 20.2 Å². The van der Waals surface area contributed by atoms with Gasteiger partial charge in [-0.2, -0.15) is 10.1 Å². The van der Waals surface area contributed by atoms with E-state index in [0.29, 0.717) is 36.1 Å². The minimum Gasteiger partial charge on any atom is -0.455 e. The summed E-state index contributed by atoms with van der Waals surface area (Å²) in [5.41, 5.74) is 9.53. The number of nitrogens with two attached hydrogens (primary N) is 1. The Morgan fingerprint density at radius 3 is 2.71 bits per heavy atom. The van der Waals surface area contributed by atoms with Gasteiger partial charge in [-0.3, -0.25) is 0 Å². The summed E-state index contributed by atoms with van der Waals surface area (Å²) in [4.78, 5) is 8.80. The summed E-state index contributed by atoms with van der Waals surface area (Å²) in [5, 5.41) is 8.86. The molecule has 5 rings (SSSR count). The van der Waals surface area contributed by atoms with Crippen molar-refractivity contribution in [2.24, 2.45) is 0 Å². The van der Waals surface area contributed by atoms with Gasteiger partial charge in [0.25, 0.3) is 0 Å². The second-order valence-corrected chi connectivity index (χ2v) is 16.2. The van der Waals surface area contributed by atoms with Crippen molar-refractivity contribution >= 4 is 47.5 Å². The van der Waals surface area contributed by atoms with E-state index in [2.05, 4.69) is 40.0 Å². The van der Waals surface area contributed by atoms with Gasteiger partial charge in [-0.25, -0.2) is 18.4 Å². The van der Waals surface area contributed by atoms with Crippen molar-refractivity contribution in [3.05, 3.63) is 35.7 Å². The van der Waals surface area contributed by atoms with Crippen LogP contribution < -0.4 is 11.1 Å². The van der Waals surface area contributed by atoms with Crippen LogP contribution in [-0.2, 0) is 11.5 Å². The third-order valence-electron chi connectivity index (χ3n) is 6.31. The highest BCUT2D eigenvalue weighted by atomic mass is 28.3. The average molecular weight is 501 g/mol. The Hall–Kier alpha value is -3.05. The molecule has 0 unspecified atom stereocenters. The summed E-state index contributed by atoms with van der Waals surface area (Å²) in [5.74, 6) is -2.02. The highest BCUT2D eigenvalue weighted by Crippen LogP contribution is 2.49.